The first-order chi connectivity index (χ1) is 12.0. The lowest BCUT2D eigenvalue weighted by atomic mass is 9.96. The fraction of sp³-hybridized carbons (Fsp3) is 0.421. The maximum Gasteiger partial charge on any atom is 0.342 e. The van der Waals surface area contributed by atoms with Crippen molar-refractivity contribution >= 4 is 28.6 Å². The van der Waals surface area contributed by atoms with E-state index in [-0.39, 0.29) is 17.8 Å². The van der Waals surface area contributed by atoms with Crippen molar-refractivity contribution < 1.29 is 14.3 Å². The standard InChI is InChI=1S/C19H23N3O3/c1-3-25-19(24)16-12(2)14-8-4-5-9-15(14)21-18(16)22-10-6-7-13(11-22)17(20)23/h4-5,8-9,13H,3,6-7,10-11H2,1-2H3,(H2,20,23). The molecule has 1 saturated heterocycles. The minimum atomic E-state index is -0.380. The summed E-state index contributed by atoms with van der Waals surface area (Å²) in [7, 11) is 0. The summed E-state index contributed by atoms with van der Waals surface area (Å²) in [5.41, 5.74) is 7.64. The monoisotopic (exact) mass is 341 g/mol. The first-order valence-electron chi connectivity index (χ1n) is 8.63. The first kappa shape index (κ1) is 17.2. The Morgan fingerprint density at radius 3 is 2.84 bits per heavy atom. The predicted octanol–water partition coefficient (Wildman–Crippen LogP) is 2.42. The Bertz CT molecular complexity index is 819. The van der Waals surface area contributed by atoms with Gasteiger partial charge in [-0.25, -0.2) is 9.78 Å². The molecule has 0 bridgehead atoms. The summed E-state index contributed by atoms with van der Waals surface area (Å²) in [6, 6.07) is 7.73. The van der Waals surface area contributed by atoms with Crippen molar-refractivity contribution in [2.75, 3.05) is 24.6 Å². The Kier molecular flexibility index (Phi) is 4.88. The van der Waals surface area contributed by atoms with Gasteiger partial charge in [-0.15, -0.1) is 0 Å². The minimum absolute atomic E-state index is 0.225. The number of fused-ring (bicyclic) bond motifs is 1. The molecule has 1 unspecified atom stereocenters. The largest absolute Gasteiger partial charge is 0.462 e. The molecule has 6 nitrogen and oxygen atoms in total. The van der Waals surface area contributed by atoms with Gasteiger partial charge in [0, 0.05) is 18.5 Å². The number of carbonyl (C=O) groups is 2. The van der Waals surface area contributed by atoms with Crippen LogP contribution in [0.25, 0.3) is 10.9 Å². The van der Waals surface area contributed by atoms with Gasteiger partial charge < -0.3 is 15.4 Å². The van der Waals surface area contributed by atoms with Crippen molar-refractivity contribution in [1.82, 2.24) is 4.98 Å². The number of hydrogen-bond acceptors (Lipinski definition) is 5. The first-order valence-corrected chi connectivity index (χ1v) is 8.63. The van der Waals surface area contributed by atoms with E-state index in [9.17, 15) is 9.59 Å². The molecule has 2 heterocycles. The number of primary amides is 1. The molecule has 1 aliphatic rings. The van der Waals surface area contributed by atoms with Crippen LogP contribution in [0.3, 0.4) is 0 Å². The van der Waals surface area contributed by atoms with Crippen molar-refractivity contribution in [2.24, 2.45) is 11.7 Å². The lowest BCUT2D eigenvalue weighted by Gasteiger charge is -2.33. The van der Waals surface area contributed by atoms with E-state index in [0.717, 1.165) is 35.9 Å². The van der Waals surface area contributed by atoms with E-state index in [0.29, 0.717) is 24.5 Å². The molecule has 1 aliphatic heterocycles. The summed E-state index contributed by atoms with van der Waals surface area (Å²) < 4.78 is 5.27. The van der Waals surface area contributed by atoms with Crippen LogP contribution in [-0.4, -0.2) is 36.6 Å². The van der Waals surface area contributed by atoms with E-state index in [4.69, 9.17) is 15.5 Å². The SMILES string of the molecule is CCOC(=O)c1c(N2CCCC(C(N)=O)C2)nc2ccccc2c1C. The molecule has 0 aliphatic carbocycles. The van der Waals surface area contributed by atoms with E-state index in [1.165, 1.54) is 0 Å². The average Bonchev–Trinajstić information content (AvgIpc) is 2.62. The van der Waals surface area contributed by atoms with Crippen molar-refractivity contribution in [3.63, 3.8) is 0 Å². The van der Waals surface area contributed by atoms with Crippen LogP contribution in [0.2, 0.25) is 0 Å². The van der Waals surface area contributed by atoms with Gasteiger partial charge in [-0.2, -0.15) is 0 Å². The van der Waals surface area contributed by atoms with E-state index in [2.05, 4.69) is 0 Å². The number of nitrogens with zero attached hydrogens (tertiary/aromatic N) is 2. The van der Waals surface area contributed by atoms with Crippen LogP contribution in [0.15, 0.2) is 24.3 Å². The molecule has 0 saturated carbocycles. The third kappa shape index (κ3) is 3.29. The second-order valence-electron chi connectivity index (χ2n) is 6.36. The number of carbonyl (C=O) groups excluding carboxylic acids is 2. The molecular weight excluding hydrogens is 318 g/mol. The smallest absolute Gasteiger partial charge is 0.342 e. The molecular formula is C19H23N3O3. The molecule has 2 aromatic rings. The number of aryl methyl sites for hydroxylation is 1. The van der Waals surface area contributed by atoms with Gasteiger partial charge in [0.15, 0.2) is 0 Å². The molecule has 2 N–H and O–H groups in total. The zero-order valence-corrected chi connectivity index (χ0v) is 14.6. The second kappa shape index (κ2) is 7.09. The molecule has 0 radical (unpaired) electrons. The molecule has 3 rings (SSSR count). The second-order valence-corrected chi connectivity index (χ2v) is 6.36. The van der Waals surface area contributed by atoms with Crippen molar-refractivity contribution in [2.45, 2.75) is 26.7 Å². The Hall–Kier alpha value is -2.63. The number of pyridine rings is 1. The summed E-state index contributed by atoms with van der Waals surface area (Å²) in [5.74, 6) is -0.327. The van der Waals surface area contributed by atoms with E-state index >= 15 is 0 Å². The van der Waals surface area contributed by atoms with E-state index in [1.807, 2.05) is 36.1 Å². The van der Waals surface area contributed by atoms with Gasteiger partial charge in [-0.05, 0) is 38.3 Å². The molecule has 1 aromatic heterocycles. The molecule has 25 heavy (non-hydrogen) atoms. The van der Waals surface area contributed by atoms with E-state index in [1.54, 1.807) is 6.92 Å². The topological polar surface area (TPSA) is 85.5 Å². The number of aromatic nitrogens is 1. The number of anilines is 1. The average molecular weight is 341 g/mol. The van der Waals surface area contributed by atoms with Crippen LogP contribution in [-0.2, 0) is 9.53 Å². The molecule has 1 amide bonds. The zero-order valence-electron chi connectivity index (χ0n) is 14.6. The Balaban J connectivity index is 2.13. The highest BCUT2D eigenvalue weighted by Gasteiger charge is 2.29. The molecule has 1 fully saturated rings. The highest BCUT2D eigenvalue weighted by atomic mass is 16.5. The number of para-hydroxylation sites is 1. The quantitative estimate of drug-likeness (QED) is 0.863. The lowest BCUT2D eigenvalue weighted by molar-refractivity contribution is -0.122. The number of benzene rings is 1. The van der Waals surface area contributed by atoms with Gasteiger partial charge in [-0.1, -0.05) is 18.2 Å². The van der Waals surface area contributed by atoms with Crippen molar-refractivity contribution in [3.8, 4) is 0 Å². The van der Waals surface area contributed by atoms with Crippen molar-refractivity contribution in [1.29, 1.82) is 0 Å². The van der Waals surface area contributed by atoms with Gasteiger partial charge in [0.1, 0.15) is 11.4 Å². The predicted molar refractivity (Wildman–Crippen MR) is 96.6 cm³/mol. The fourth-order valence-electron chi connectivity index (χ4n) is 3.44. The summed E-state index contributed by atoms with van der Waals surface area (Å²) in [4.78, 5) is 30.9. The number of amides is 1. The van der Waals surface area contributed by atoms with Crippen LogP contribution in [0, 0.1) is 12.8 Å². The zero-order chi connectivity index (χ0) is 18.0. The number of nitrogens with two attached hydrogens (primary N) is 1. The van der Waals surface area contributed by atoms with Gasteiger partial charge in [0.25, 0.3) is 0 Å². The van der Waals surface area contributed by atoms with Crippen LogP contribution in [0.5, 0.6) is 0 Å². The summed E-state index contributed by atoms with van der Waals surface area (Å²) in [6.07, 6.45) is 1.61. The van der Waals surface area contributed by atoms with Crippen LogP contribution in [0.4, 0.5) is 5.82 Å². The number of esters is 1. The number of rotatable bonds is 4. The maximum atomic E-state index is 12.6. The molecule has 1 atom stereocenters. The van der Waals surface area contributed by atoms with Gasteiger partial charge >= 0.3 is 5.97 Å². The Labute approximate surface area is 147 Å². The van der Waals surface area contributed by atoms with Gasteiger partial charge in [0.2, 0.25) is 5.91 Å². The fourth-order valence-corrected chi connectivity index (χ4v) is 3.44. The van der Waals surface area contributed by atoms with E-state index < -0.39 is 0 Å². The molecule has 6 heteroatoms. The van der Waals surface area contributed by atoms with Gasteiger partial charge in [0.05, 0.1) is 18.0 Å². The number of hydrogen-bond donors (Lipinski definition) is 1. The van der Waals surface area contributed by atoms with Crippen LogP contribution < -0.4 is 10.6 Å². The van der Waals surface area contributed by atoms with Crippen LogP contribution >= 0.6 is 0 Å². The lowest BCUT2D eigenvalue weighted by Crippen LogP contribution is -2.42. The third-order valence-corrected chi connectivity index (χ3v) is 4.74. The number of ether oxygens (including phenoxy) is 1. The summed E-state index contributed by atoms with van der Waals surface area (Å²) in [6.45, 7) is 5.21. The maximum absolute atomic E-state index is 12.6. The summed E-state index contributed by atoms with van der Waals surface area (Å²) >= 11 is 0. The normalized spacial score (nSPS) is 17.5. The van der Waals surface area contributed by atoms with Crippen molar-refractivity contribution in [3.05, 3.63) is 35.4 Å². The Morgan fingerprint density at radius 1 is 1.36 bits per heavy atom. The summed E-state index contributed by atoms with van der Waals surface area (Å²) in [5, 5.41) is 0.928. The van der Waals surface area contributed by atoms with Crippen LogP contribution in [0.1, 0.15) is 35.7 Å². The Morgan fingerprint density at radius 2 is 2.12 bits per heavy atom. The number of piperidine rings is 1. The highest BCUT2D eigenvalue weighted by Crippen LogP contribution is 2.31. The minimum Gasteiger partial charge on any atom is -0.462 e. The molecule has 1 aromatic carbocycles. The van der Waals surface area contributed by atoms with Gasteiger partial charge in [-0.3, -0.25) is 4.79 Å². The highest BCUT2D eigenvalue weighted by molar-refractivity contribution is 6.02. The third-order valence-electron chi connectivity index (χ3n) is 4.74. The molecule has 132 valence electrons. The molecule has 0 spiro atoms.